The van der Waals surface area contributed by atoms with Crippen molar-refractivity contribution < 1.29 is 22.6 Å². The van der Waals surface area contributed by atoms with E-state index < -0.39 is 21.5 Å². The van der Waals surface area contributed by atoms with E-state index in [1.165, 1.54) is 0 Å². The molecule has 0 aliphatic carbocycles. The predicted octanol–water partition coefficient (Wildman–Crippen LogP) is -0.846. The van der Waals surface area contributed by atoms with Crippen molar-refractivity contribution in [2.75, 3.05) is 7.11 Å². The lowest BCUT2D eigenvalue weighted by Gasteiger charge is -2.31. The topological polar surface area (TPSA) is 120 Å². The molecule has 0 bridgehead atoms. The van der Waals surface area contributed by atoms with Crippen LogP contribution in [0.4, 0.5) is 4.79 Å². The number of rotatable bonds is 2. The number of amidine groups is 1. The molecular weight excluding hydrogens is 214 g/mol. The molecule has 1 unspecified atom stereocenters. The van der Waals surface area contributed by atoms with E-state index in [1.54, 1.807) is 0 Å². The molecule has 1 saturated heterocycles. The van der Waals surface area contributed by atoms with Crippen molar-refractivity contribution in [3.63, 3.8) is 0 Å². The molecule has 0 radical (unpaired) electrons. The second kappa shape index (κ2) is 3.52. The average Bonchev–Trinajstić information content (AvgIpc) is 2.01. The lowest BCUT2D eigenvalue weighted by molar-refractivity contribution is -0.0988. The van der Waals surface area contributed by atoms with Gasteiger partial charge in [-0.05, 0) is 0 Å². The largest absolute Gasteiger partial charge is 0.348 e. The molecule has 0 aromatic rings. The fourth-order valence-corrected chi connectivity index (χ4v) is 1.85. The van der Waals surface area contributed by atoms with Crippen molar-refractivity contribution in [2.24, 2.45) is 0 Å². The van der Waals surface area contributed by atoms with Crippen LogP contribution in [0.2, 0.25) is 0 Å². The van der Waals surface area contributed by atoms with Gasteiger partial charge in [-0.25, -0.2) is 4.79 Å². The highest BCUT2D eigenvalue weighted by Crippen LogP contribution is 2.15. The minimum absolute atomic E-state index is 0.286. The molecule has 9 heteroatoms. The molecule has 0 saturated carbocycles. The molecule has 0 spiro atoms. The van der Waals surface area contributed by atoms with Crippen LogP contribution in [0.3, 0.4) is 0 Å². The Balaban J connectivity index is 3.01. The van der Waals surface area contributed by atoms with E-state index in [1.807, 2.05) is 0 Å². The number of nitrogens with one attached hydrogen (secondary N) is 2. The molecule has 1 aliphatic heterocycles. The average molecular weight is 223 g/mol. The first kappa shape index (κ1) is 10.9. The van der Waals surface area contributed by atoms with E-state index in [2.05, 4.69) is 10.2 Å². The summed E-state index contributed by atoms with van der Waals surface area (Å²) in [4.78, 5) is 15.5. The number of amides is 2. The summed E-state index contributed by atoms with van der Waals surface area (Å²) < 4.78 is 30.4. The smallest absolute Gasteiger partial charge is 0.294 e. The SMILES string of the molecule is CON1C(=O)NC(=N)CC1S(=O)(=O)O. The predicted molar refractivity (Wildman–Crippen MR) is 45.1 cm³/mol. The molecule has 14 heavy (non-hydrogen) atoms. The highest BCUT2D eigenvalue weighted by atomic mass is 32.2. The number of nitrogens with zero attached hydrogens (tertiary/aromatic N) is 1. The van der Waals surface area contributed by atoms with Crippen molar-refractivity contribution in [3.8, 4) is 0 Å². The Morgan fingerprint density at radius 3 is 2.71 bits per heavy atom. The van der Waals surface area contributed by atoms with Crippen molar-refractivity contribution in [2.45, 2.75) is 11.8 Å². The zero-order valence-electron chi connectivity index (χ0n) is 7.22. The quantitative estimate of drug-likeness (QED) is 0.527. The van der Waals surface area contributed by atoms with Crippen LogP contribution in [-0.4, -0.2) is 42.4 Å². The summed E-state index contributed by atoms with van der Waals surface area (Å²) in [5.74, 6) is -0.286. The monoisotopic (exact) mass is 223 g/mol. The molecule has 1 aliphatic rings. The van der Waals surface area contributed by atoms with Crippen molar-refractivity contribution in [1.82, 2.24) is 10.4 Å². The van der Waals surface area contributed by atoms with Crippen LogP contribution in [0.25, 0.3) is 0 Å². The van der Waals surface area contributed by atoms with Gasteiger partial charge in [0.05, 0.1) is 7.11 Å². The standard InChI is InChI=1S/C5H9N3O5S/c1-13-8-4(14(10,11)12)2-3(6)7-5(8)9/h4H,2H2,1H3,(H2,6,7,9)(H,10,11,12). The Hall–Kier alpha value is -1.19. The Morgan fingerprint density at radius 2 is 2.29 bits per heavy atom. The fourth-order valence-electron chi connectivity index (χ4n) is 1.05. The summed E-state index contributed by atoms with van der Waals surface area (Å²) in [5.41, 5.74) is 0. The summed E-state index contributed by atoms with van der Waals surface area (Å²) in [6.45, 7) is 0. The molecule has 1 atom stereocenters. The van der Waals surface area contributed by atoms with Gasteiger partial charge in [0.25, 0.3) is 10.1 Å². The Bertz CT molecular complexity index is 364. The van der Waals surface area contributed by atoms with E-state index in [9.17, 15) is 13.2 Å². The lowest BCUT2D eigenvalue weighted by atomic mass is 10.3. The first-order valence-corrected chi connectivity index (χ1v) is 5.04. The zero-order chi connectivity index (χ0) is 10.9. The van der Waals surface area contributed by atoms with Gasteiger partial charge in [-0.3, -0.25) is 20.1 Å². The molecule has 3 N–H and O–H groups in total. The maximum absolute atomic E-state index is 11.1. The molecule has 0 aromatic carbocycles. The second-order valence-electron chi connectivity index (χ2n) is 2.59. The van der Waals surface area contributed by atoms with Gasteiger partial charge in [-0.15, -0.1) is 0 Å². The molecule has 1 heterocycles. The molecule has 2 amide bonds. The van der Waals surface area contributed by atoms with Gasteiger partial charge in [0.2, 0.25) is 0 Å². The maximum atomic E-state index is 11.1. The van der Waals surface area contributed by atoms with Crippen LogP contribution in [0.1, 0.15) is 6.42 Å². The van der Waals surface area contributed by atoms with Crippen LogP contribution in [0.15, 0.2) is 0 Å². The van der Waals surface area contributed by atoms with Crippen molar-refractivity contribution in [3.05, 3.63) is 0 Å². The van der Waals surface area contributed by atoms with Crippen LogP contribution in [0, 0.1) is 5.41 Å². The van der Waals surface area contributed by atoms with E-state index >= 15 is 0 Å². The van der Waals surface area contributed by atoms with Gasteiger partial charge in [-0.2, -0.15) is 13.5 Å². The molecule has 0 aromatic heterocycles. The summed E-state index contributed by atoms with van der Waals surface area (Å²) in [7, 11) is -3.36. The maximum Gasteiger partial charge on any atom is 0.348 e. The highest BCUT2D eigenvalue weighted by Gasteiger charge is 2.39. The minimum Gasteiger partial charge on any atom is -0.294 e. The van der Waals surface area contributed by atoms with E-state index in [-0.39, 0.29) is 12.3 Å². The van der Waals surface area contributed by atoms with Crippen molar-refractivity contribution >= 4 is 22.0 Å². The molecule has 1 fully saturated rings. The van der Waals surface area contributed by atoms with Crippen LogP contribution in [-0.2, 0) is 15.0 Å². The number of urea groups is 1. The van der Waals surface area contributed by atoms with Gasteiger partial charge in [0, 0.05) is 6.42 Å². The lowest BCUT2D eigenvalue weighted by Crippen LogP contribution is -2.56. The third-order valence-corrected chi connectivity index (χ3v) is 2.68. The summed E-state index contributed by atoms with van der Waals surface area (Å²) in [6.07, 6.45) is -0.335. The van der Waals surface area contributed by atoms with Crippen LogP contribution < -0.4 is 5.32 Å². The highest BCUT2D eigenvalue weighted by molar-refractivity contribution is 7.86. The fraction of sp³-hybridized carbons (Fsp3) is 0.600. The molecule has 1 rings (SSSR count). The number of hydroxylamine groups is 2. The summed E-state index contributed by atoms with van der Waals surface area (Å²) >= 11 is 0. The number of carbonyl (C=O) groups is 1. The third kappa shape index (κ3) is 2.00. The number of hydrogen-bond acceptors (Lipinski definition) is 5. The third-order valence-electron chi connectivity index (χ3n) is 1.64. The summed E-state index contributed by atoms with van der Waals surface area (Å²) in [5, 5.41) is 8.06. The van der Waals surface area contributed by atoms with E-state index in [4.69, 9.17) is 9.96 Å². The number of hydrogen-bond donors (Lipinski definition) is 3. The summed E-state index contributed by atoms with van der Waals surface area (Å²) in [6, 6.07) is -0.897. The normalized spacial score (nSPS) is 23.6. The van der Waals surface area contributed by atoms with Crippen LogP contribution in [0.5, 0.6) is 0 Å². The van der Waals surface area contributed by atoms with Crippen LogP contribution >= 0.6 is 0 Å². The van der Waals surface area contributed by atoms with Gasteiger partial charge >= 0.3 is 6.03 Å². The minimum atomic E-state index is -4.45. The molecule has 80 valence electrons. The van der Waals surface area contributed by atoms with E-state index in [0.717, 1.165) is 7.11 Å². The molecular formula is C5H9N3O5S. The first-order valence-electron chi connectivity index (χ1n) is 3.54. The van der Waals surface area contributed by atoms with Gasteiger partial charge in [0.15, 0.2) is 5.37 Å². The van der Waals surface area contributed by atoms with Crippen molar-refractivity contribution in [1.29, 1.82) is 5.41 Å². The van der Waals surface area contributed by atoms with Gasteiger partial charge in [-0.1, -0.05) is 0 Å². The Morgan fingerprint density at radius 1 is 1.71 bits per heavy atom. The molecule has 8 nitrogen and oxygen atoms in total. The van der Waals surface area contributed by atoms with E-state index in [0.29, 0.717) is 5.06 Å². The first-order chi connectivity index (χ1) is 6.36. The number of carbonyl (C=O) groups excluding carboxylic acids is 1. The van der Waals surface area contributed by atoms with Gasteiger partial charge in [0.1, 0.15) is 5.84 Å². The Labute approximate surface area is 80.0 Å². The zero-order valence-corrected chi connectivity index (χ0v) is 8.04. The Kier molecular flexibility index (Phi) is 2.73. The van der Waals surface area contributed by atoms with Gasteiger partial charge < -0.3 is 0 Å². The second-order valence-corrected chi connectivity index (χ2v) is 4.16.